The third-order valence-corrected chi connectivity index (χ3v) is 22.4. The van der Waals surface area contributed by atoms with Crippen molar-refractivity contribution in [2.24, 2.45) is 5.92 Å². The van der Waals surface area contributed by atoms with Crippen LogP contribution in [-0.2, 0) is 66.7 Å². The molecule has 0 N–H and O–H groups in total. The van der Waals surface area contributed by atoms with Gasteiger partial charge in [0.15, 0.2) is 0 Å². The first-order valence-electron chi connectivity index (χ1n) is 38.1. The number of hydrogen-bond acceptors (Lipinski definition) is 6. The van der Waals surface area contributed by atoms with Crippen LogP contribution in [0.1, 0.15) is 101 Å². The molecule has 100 heavy (non-hydrogen) atoms. The number of nitrogens with zero attached hydrogens (tertiary/aromatic N) is 6. The Morgan fingerprint density at radius 1 is 0.400 bits per heavy atom. The molecule has 1 saturated carbocycles. The van der Waals surface area contributed by atoms with E-state index in [1.54, 1.807) is 36.8 Å². The predicted molar refractivity (Wildman–Crippen MR) is 418 cm³/mol. The molecule has 6 nitrogen and oxygen atoms in total. The summed E-state index contributed by atoms with van der Waals surface area (Å²) < 4.78 is 69.8. The minimum atomic E-state index is -1.49. The van der Waals surface area contributed by atoms with E-state index in [-0.39, 0.29) is 115 Å². The molecule has 6 aromatic heterocycles. The Labute approximate surface area is 656 Å². The van der Waals surface area contributed by atoms with Crippen molar-refractivity contribution >= 4 is 39.8 Å². The number of benzene rings is 6. The normalized spacial score (nSPS) is 13.2. The van der Waals surface area contributed by atoms with E-state index >= 15 is 0 Å². The van der Waals surface area contributed by atoms with Crippen LogP contribution >= 0.6 is 0 Å². The zero-order chi connectivity index (χ0) is 76.9. The third-order valence-electron chi connectivity index (χ3n) is 16.3. The van der Waals surface area contributed by atoms with Crippen molar-refractivity contribution in [3.05, 3.63) is 308 Å². The van der Waals surface area contributed by atoms with E-state index in [0.29, 0.717) is 34.4 Å². The average molecular weight is 1910 g/mol. The Balaban J connectivity index is 0.000000238. The zero-order valence-electron chi connectivity index (χ0n) is 68.7. The summed E-state index contributed by atoms with van der Waals surface area (Å²) in [7, 11) is -4.44. The first kappa shape index (κ1) is 69.9. The van der Waals surface area contributed by atoms with Gasteiger partial charge < -0.3 is 29.9 Å². The fourth-order valence-corrected chi connectivity index (χ4v) is 15.9. The van der Waals surface area contributed by atoms with Crippen LogP contribution in [0.15, 0.2) is 255 Å². The molecule has 0 spiro atoms. The zero-order valence-corrected chi connectivity index (χ0v) is 69.9. The fraction of sp³-hybridized carbons (Fsp3) is 0.250. The maximum atomic E-state index is 7.86. The van der Waals surface area contributed by atoms with Crippen molar-refractivity contribution in [2.45, 2.75) is 137 Å². The summed E-state index contributed by atoms with van der Waals surface area (Å²) in [6.45, 7) is 29.8. The first-order valence-corrected chi connectivity index (χ1v) is 44.1. The minimum absolute atomic E-state index is 0. The van der Waals surface area contributed by atoms with Gasteiger partial charge in [-0.15, -0.1) is 215 Å². The van der Waals surface area contributed by atoms with Crippen LogP contribution in [0.5, 0.6) is 0 Å². The molecular weight excluding hydrogens is 1800 g/mol. The number of pyridine rings is 6. The largest absolute Gasteiger partial charge is 0.305 e. The molecule has 1 aliphatic carbocycles. The summed E-state index contributed by atoms with van der Waals surface area (Å²) in [6, 6.07) is 70.0. The third kappa shape index (κ3) is 26.3. The number of aromatic nitrogens is 6. The van der Waals surface area contributed by atoms with Crippen molar-refractivity contribution in [1.82, 2.24) is 29.9 Å². The van der Waals surface area contributed by atoms with Gasteiger partial charge in [0, 0.05) is 106 Å². The van der Waals surface area contributed by atoms with Crippen molar-refractivity contribution in [3.63, 3.8) is 0 Å². The Morgan fingerprint density at radius 3 is 1.10 bits per heavy atom. The summed E-state index contributed by atoms with van der Waals surface area (Å²) >= 11 is 0. The van der Waals surface area contributed by atoms with Crippen LogP contribution in [0.3, 0.4) is 0 Å². The molecule has 12 aromatic rings. The molecule has 1 aliphatic rings. The minimum Gasteiger partial charge on any atom is -0.305 e. The maximum Gasteiger partial charge on any atom is 0.0799 e. The van der Waals surface area contributed by atoms with E-state index in [0.717, 1.165) is 63.7 Å². The second-order valence-electron chi connectivity index (χ2n) is 27.4. The molecule has 0 amide bonds. The number of rotatable bonds is 14. The summed E-state index contributed by atoms with van der Waals surface area (Å²) in [5, 5.41) is 4.15. The quantitative estimate of drug-likeness (QED) is 0.0797. The smallest absolute Gasteiger partial charge is 0.0799 e. The van der Waals surface area contributed by atoms with Gasteiger partial charge in [0.2, 0.25) is 0 Å². The molecule has 1 unspecified atom stereocenters. The van der Waals surface area contributed by atoms with E-state index in [2.05, 4.69) is 171 Å². The number of hydrogen-bond donors (Lipinski definition) is 0. The van der Waals surface area contributed by atoms with E-state index in [1.165, 1.54) is 57.9 Å². The molecule has 1 fully saturated rings. The van der Waals surface area contributed by atoms with Crippen LogP contribution in [0.4, 0.5) is 0 Å². The van der Waals surface area contributed by atoms with Crippen LogP contribution < -0.4 is 15.6 Å². The van der Waals surface area contributed by atoms with Crippen LogP contribution in [0.2, 0.25) is 58.9 Å². The first-order chi connectivity index (χ1) is 50.4. The van der Waals surface area contributed by atoms with Gasteiger partial charge in [0.25, 0.3) is 0 Å². The van der Waals surface area contributed by atoms with Crippen molar-refractivity contribution in [1.29, 1.82) is 0 Å². The molecule has 0 bridgehead atoms. The van der Waals surface area contributed by atoms with Gasteiger partial charge >= 0.3 is 0 Å². The van der Waals surface area contributed by atoms with Crippen molar-refractivity contribution in [2.75, 3.05) is 0 Å². The second kappa shape index (κ2) is 42.3. The molecule has 0 saturated heterocycles. The molecular formula is C88H96Ir3N6Si3-6. The Hall–Kier alpha value is -7.18. The average Bonchev–Trinajstić information content (AvgIpc) is 1.78. The molecule has 13 rings (SSSR count). The van der Waals surface area contributed by atoms with E-state index in [1.807, 2.05) is 146 Å². The summed E-state index contributed by atoms with van der Waals surface area (Å²) in [5.74, 6) is 1.60. The summed E-state index contributed by atoms with van der Waals surface area (Å²) in [5.41, 5.74) is 14.2. The topological polar surface area (TPSA) is 77.3 Å². The Kier molecular flexibility index (Phi) is 29.6. The SMILES string of the molecule is [2H]c1[c-]c(-c2cc(C(C)CC)c([Si](C)(C)C)cn2)cc([2H])c1[2H].[2H]c1[c-]c(-c2cc(C3CCCC3)c([Si](C)(C)C)cn2)cc([2H])c1[2H].[2H]c1[c-]c(-c2cc(CC(C)C)c([Si](C)(C)C)cn2)cc([2H])c1[2H].[Ir].[Ir].[Ir].[c-]1ccccc1-c1ccccn1.[c-]1ccccc1-c1ccccn1.[c-]1ccccc1-c1ccccn1. The maximum absolute atomic E-state index is 7.86. The van der Waals surface area contributed by atoms with Crippen molar-refractivity contribution in [3.8, 4) is 67.5 Å². The van der Waals surface area contributed by atoms with Gasteiger partial charge in [0.1, 0.15) is 0 Å². The monoisotopic (exact) mass is 1910 g/mol. The summed E-state index contributed by atoms with van der Waals surface area (Å²) in [6.07, 6.45) is 18.4. The van der Waals surface area contributed by atoms with Gasteiger partial charge in [-0.3, -0.25) is 0 Å². The molecule has 523 valence electrons. The van der Waals surface area contributed by atoms with Gasteiger partial charge in [0.05, 0.1) is 24.2 Å². The van der Waals surface area contributed by atoms with E-state index < -0.39 is 24.2 Å². The van der Waals surface area contributed by atoms with Crippen LogP contribution in [0, 0.1) is 42.3 Å². The predicted octanol–water partition coefficient (Wildman–Crippen LogP) is 21.3. The Morgan fingerprint density at radius 2 is 0.760 bits per heavy atom. The summed E-state index contributed by atoms with van der Waals surface area (Å²) in [4.78, 5) is 26.4. The Bertz CT molecular complexity index is 4430. The van der Waals surface area contributed by atoms with Crippen LogP contribution in [-0.4, -0.2) is 54.1 Å². The van der Waals surface area contributed by atoms with Crippen molar-refractivity contribution < 1.29 is 72.7 Å². The van der Waals surface area contributed by atoms with Crippen LogP contribution in [0.25, 0.3) is 67.5 Å². The molecule has 0 aliphatic heterocycles. The standard InChI is InChI=1S/C19H24NSi.2C18H24NSi.3C11H8N.3Ir/c1-21(2,3)19-14-20-18(16-11-5-4-6-12-16)13-17(19)15-9-7-8-10-15;1-14(2)11-16-12-17(15-9-7-6-8-10-15)19-13-18(16)20(3,4)5;1-6-14(2)16-12-17(15-10-8-7-9-11-15)19-13-18(16)20(3,4)5;3*1-2-6-10(7-3-1)11-8-4-5-9-12-11;;;/h4-6,11,13-15H,7-10H2,1-3H3;6-9,12-14H,11H2,1-5H3;7-10,12-14H,6H2,1-5H3;3*1-6,8-9H;;;/q6*-1;;;/i4D,5D,6D;6D,7D,8D;7D,8D,9D;;;;;;. The van der Waals surface area contributed by atoms with Gasteiger partial charge in [-0.2, -0.15) is 0 Å². The van der Waals surface area contributed by atoms with Gasteiger partial charge in [-0.05, 0) is 115 Å². The molecule has 12 heteroatoms. The van der Waals surface area contributed by atoms with E-state index in [4.69, 9.17) is 12.3 Å². The second-order valence-corrected chi connectivity index (χ2v) is 42.5. The molecule has 1 atom stereocenters. The molecule has 6 aromatic carbocycles. The van der Waals surface area contributed by atoms with Gasteiger partial charge in [-0.1, -0.05) is 171 Å². The molecule has 6 heterocycles. The van der Waals surface area contributed by atoms with E-state index in [9.17, 15) is 0 Å². The fourth-order valence-electron chi connectivity index (χ4n) is 11.1. The molecule has 3 radical (unpaired) electrons. The van der Waals surface area contributed by atoms with Gasteiger partial charge in [-0.25, -0.2) is 0 Å².